The minimum Gasteiger partial charge on any atom is -0.314 e. The second-order valence-electron chi connectivity index (χ2n) is 2.69. The van der Waals surface area contributed by atoms with Crippen LogP contribution in [0.4, 0.5) is 0 Å². The molecule has 0 aliphatic rings. The Bertz CT molecular complexity index is 244. The maximum absolute atomic E-state index is 4.25. The van der Waals surface area contributed by atoms with E-state index in [0.29, 0.717) is 0 Å². The lowest BCUT2D eigenvalue weighted by molar-refractivity contribution is 0.561. The molecule has 4 heteroatoms. The third-order valence-electron chi connectivity index (χ3n) is 1.68. The van der Waals surface area contributed by atoms with Crippen molar-refractivity contribution in [2.75, 3.05) is 7.05 Å². The van der Waals surface area contributed by atoms with E-state index < -0.39 is 0 Å². The highest BCUT2D eigenvalue weighted by Crippen LogP contribution is 2.15. The van der Waals surface area contributed by atoms with Gasteiger partial charge in [0, 0.05) is 13.1 Å². The van der Waals surface area contributed by atoms with Crippen LogP contribution in [-0.2, 0) is 13.1 Å². The number of nitrogens with zero attached hydrogens (tertiary/aromatic N) is 2. The van der Waals surface area contributed by atoms with Crippen molar-refractivity contribution in [2.45, 2.75) is 26.4 Å². The molecule has 0 aliphatic carbocycles. The summed E-state index contributed by atoms with van der Waals surface area (Å²) in [6.45, 7) is 4.00. The Morgan fingerprint density at radius 2 is 2.42 bits per heavy atom. The van der Waals surface area contributed by atoms with E-state index in [-0.39, 0.29) is 0 Å². The van der Waals surface area contributed by atoms with Gasteiger partial charge in [0.1, 0.15) is 0 Å². The highest BCUT2D eigenvalue weighted by molar-refractivity contribution is 9.10. The molecule has 1 rings (SSSR count). The highest BCUT2D eigenvalue weighted by atomic mass is 79.9. The second kappa shape index (κ2) is 4.62. The highest BCUT2D eigenvalue weighted by Gasteiger charge is 2.05. The molecule has 0 aromatic carbocycles. The summed E-state index contributed by atoms with van der Waals surface area (Å²) in [5.41, 5.74) is 1.22. The molecule has 1 aromatic rings. The first-order chi connectivity index (χ1) is 5.79. The maximum atomic E-state index is 4.25. The number of hydrogen-bond acceptors (Lipinski definition) is 2. The van der Waals surface area contributed by atoms with E-state index in [1.165, 1.54) is 5.69 Å². The van der Waals surface area contributed by atoms with E-state index in [1.807, 2.05) is 17.9 Å². The smallest absolute Gasteiger partial charge is 0.0664 e. The van der Waals surface area contributed by atoms with Crippen molar-refractivity contribution in [3.05, 3.63) is 16.4 Å². The van der Waals surface area contributed by atoms with Crippen molar-refractivity contribution in [1.29, 1.82) is 0 Å². The minimum atomic E-state index is 0.862. The van der Waals surface area contributed by atoms with E-state index in [0.717, 1.165) is 24.0 Å². The lowest BCUT2D eigenvalue weighted by Gasteiger charge is -2.05. The van der Waals surface area contributed by atoms with Crippen LogP contribution in [0.25, 0.3) is 0 Å². The summed E-state index contributed by atoms with van der Waals surface area (Å²) in [6, 6.07) is 0. The molecular weight excluding hydrogens is 218 g/mol. The van der Waals surface area contributed by atoms with Gasteiger partial charge in [-0.05, 0) is 29.4 Å². The molecule has 0 unspecified atom stereocenters. The molecule has 0 amide bonds. The van der Waals surface area contributed by atoms with Gasteiger partial charge in [0.05, 0.1) is 16.4 Å². The lowest BCUT2D eigenvalue weighted by Crippen LogP contribution is -2.12. The van der Waals surface area contributed by atoms with Crippen LogP contribution in [0.2, 0.25) is 0 Å². The topological polar surface area (TPSA) is 29.9 Å². The van der Waals surface area contributed by atoms with Crippen molar-refractivity contribution in [3.8, 4) is 0 Å². The molecule has 0 saturated carbocycles. The number of aryl methyl sites for hydroxylation is 1. The number of aromatic nitrogens is 2. The van der Waals surface area contributed by atoms with Crippen LogP contribution in [0, 0.1) is 0 Å². The van der Waals surface area contributed by atoms with Crippen LogP contribution in [0.5, 0.6) is 0 Å². The summed E-state index contributed by atoms with van der Waals surface area (Å²) in [6.07, 6.45) is 2.97. The van der Waals surface area contributed by atoms with Gasteiger partial charge < -0.3 is 5.32 Å². The number of halogens is 1. The molecule has 0 saturated heterocycles. The number of hydrogen-bond donors (Lipinski definition) is 1. The van der Waals surface area contributed by atoms with E-state index in [9.17, 15) is 0 Å². The fourth-order valence-corrected chi connectivity index (χ4v) is 1.57. The Kier molecular flexibility index (Phi) is 3.75. The fourth-order valence-electron chi connectivity index (χ4n) is 1.14. The van der Waals surface area contributed by atoms with Crippen molar-refractivity contribution >= 4 is 15.9 Å². The molecule has 3 nitrogen and oxygen atoms in total. The SMILES string of the molecule is CCCn1ncc(Br)c1CNC. The largest absolute Gasteiger partial charge is 0.314 e. The fraction of sp³-hybridized carbons (Fsp3) is 0.625. The van der Waals surface area contributed by atoms with Crippen LogP contribution in [-0.4, -0.2) is 16.8 Å². The van der Waals surface area contributed by atoms with E-state index in [4.69, 9.17) is 0 Å². The monoisotopic (exact) mass is 231 g/mol. The molecule has 1 aromatic heterocycles. The maximum Gasteiger partial charge on any atom is 0.0664 e. The van der Waals surface area contributed by atoms with Crippen molar-refractivity contribution in [1.82, 2.24) is 15.1 Å². The number of rotatable bonds is 4. The van der Waals surface area contributed by atoms with Gasteiger partial charge in [-0.15, -0.1) is 0 Å². The first-order valence-corrected chi connectivity index (χ1v) is 4.93. The van der Waals surface area contributed by atoms with Gasteiger partial charge in [-0.1, -0.05) is 6.92 Å². The average Bonchev–Trinajstić information content (AvgIpc) is 2.37. The first kappa shape index (κ1) is 9.74. The summed E-state index contributed by atoms with van der Waals surface area (Å²) in [7, 11) is 1.94. The molecule has 12 heavy (non-hydrogen) atoms. The van der Waals surface area contributed by atoms with Crippen LogP contribution >= 0.6 is 15.9 Å². The van der Waals surface area contributed by atoms with Crippen molar-refractivity contribution < 1.29 is 0 Å². The second-order valence-corrected chi connectivity index (χ2v) is 3.55. The van der Waals surface area contributed by atoms with Crippen LogP contribution < -0.4 is 5.32 Å². The van der Waals surface area contributed by atoms with Gasteiger partial charge in [0.2, 0.25) is 0 Å². The van der Waals surface area contributed by atoms with Crippen molar-refractivity contribution in [2.24, 2.45) is 0 Å². The standard InChI is InChI=1S/C8H14BrN3/c1-3-4-12-8(6-10-2)7(9)5-11-12/h5,10H,3-4,6H2,1-2H3. The Morgan fingerprint density at radius 1 is 1.67 bits per heavy atom. The van der Waals surface area contributed by atoms with Crippen LogP contribution in [0.15, 0.2) is 10.7 Å². The van der Waals surface area contributed by atoms with E-state index >= 15 is 0 Å². The molecule has 0 atom stereocenters. The zero-order valence-electron chi connectivity index (χ0n) is 7.47. The average molecular weight is 232 g/mol. The molecule has 0 spiro atoms. The Hall–Kier alpha value is -0.350. The normalized spacial score (nSPS) is 10.6. The molecule has 0 fully saturated rings. The molecule has 0 bridgehead atoms. The van der Waals surface area contributed by atoms with E-state index in [2.05, 4.69) is 33.3 Å². The molecule has 0 radical (unpaired) electrons. The van der Waals surface area contributed by atoms with Gasteiger partial charge in [-0.2, -0.15) is 5.10 Å². The molecular formula is C8H14BrN3. The Labute approximate surface area is 81.3 Å². The molecule has 1 N–H and O–H groups in total. The van der Waals surface area contributed by atoms with Crippen LogP contribution in [0.3, 0.4) is 0 Å². The van der Waals surface area contributed by atoms with Gasteiger partial charge in [0.25, 0.3) is 0 Å². The van der Waals surface area contributed by atoms with Gasteiger partial charge in [-0.25, -0.2) is 0 Å². The summed E-state index contributed by atoms with van der Waals surface area (Å²) in [4.78, 5) is 0. The van der Waals surface area contributed by atoms with Crippen LogP contribution in [0.1, 0.15) is 19.0 Å². The van der Waals surface area contributed by atoms with Crippen molar-refractivity contribution in [3.63, 3.8) is 0 Å². The molecule has 0 aliphatic heterocycles. The Balaban J connectivity index is 2.80. The van der Waals surface area contributed by atoms with Gasteiger partial charge in [0.15, 0.2) is 0 Å². The summed E-state index contributed by atoms with van der Waals surface area (Å²) >= 11 is 3.46. The third kappa shape index (κ3) is 2.08. The predicted octanol–water partition coefficient (Wildman–Crippen LogP) is 1.77. The predicted molar refractivity (Wildman–Crippen MR) is 53.0 cm³/mol. The molecule has 68 valence electrons. The minimum absolute atomic E-state index is 0.862. The number of nitrogens with one attached hydrogen (secondary N) is 1. The summed E-state index contributed by atoms with van der Waals surface area (Å²) in [5.74, 6) is 0. The lowest BCUT2D eigenvalue weighted by atomic mass is 10.4. The first-order valence-electron chi connectivity index (χ1n) is 4.14. The zero-order chi connectivity index (χ0) is 8.97. The molecule has 1 heterocycles. The quantitative estimate of drug-likeness (QED) is 0.857. The van der Waals surface area contributed by atoms with Gasteiger partial charge >= 0.3 is 0 Å². The summed E-state index contributed by atoms with van der Waals surface area (Å²) < 4.78 is 3.12. The van der Waals surface area contributed by atoms with Gasteiger partial charge in [-0.3, -0.25) is 4.68 Å². The third-order valence-corrected chi connectivity index (χ3v) is 2.34. The zero-order valence-corrected chi connectivity index (χ0v) is 9.06. The Morgan fingerprint density at radius 3 is 3.00 bits per heavy atom. The van der Waals surface area contributed by atoms with E-state index in [1.54, 1.807) is 0 Å². The summed E-state index contributed by atoms with van der Waals surface area (Å²) in [5, 5.41) is 7.37.